The fourth-order valence-corrected chi connectivity index (χ4v) is 4.44. The van der Waals surface area contributed by atoms with Crippen LogP contribution in [0.15, 0.2) is 6.07 Å². The molecule has 1 saturated heterocycles. The van der Waals surface area contributed by atoms with Crippen LogP contribution in [0.3, 0.4) is 0 Å². The van der Waals surface area contributed by atoms with Gasteiger partial charge in [0.15, 0.2) is 0 Å². The first-order valence-corrected chi connectivity index (χ1v) is 8.22. The van der Waals surface area contributed by atoms with E-state index in [1.807, 2.05) is 13.1 Å². The number of amides is 2. The van der Waals surface area contributed by atoms with Crippen molar-refractivity contribution in [2.75, 3.05) is 27.2 Å². The number of hydrogen-bond donors (Lipinski definition) is 2. The molecule has 1 aliphatic heterocycles. The van der Waals surface area contributed by atoms with E-state index in [-0.39, 0.29) is 23.8 Å². The molecule has 21 heavy (non-hydrogen) atoms. The molecule has 5 nitrogen and oxygen atoms in total. The van der Waals surface area contributed by atoms with Crippen molar-refractivity contribution in [1.82, 2.24) is 15.5 Å². The van der Waals surface area contributed by atoms with E-state index in [0.29, 0.717) is 6.54 Å². The molecule has 1 aromatic rings. The lowest BCUT2D eigenvalue weighted by atomic mass is 10.0. The molecular formula is C15H21N3O2S. The van der Waals surface area contributed by atoms with E-state index in [1.165, 1.54) is 16.9 Å². The van der Waals surface area contributed by atoms with Crippen molar-refractivity contribution in [3.05, 3.63) is 21.4 Å². The number of likely N-dealkylation sites (N-methyl/N-ethyl adjacent to an activating group) is 1. The molecule has 0 saturated carbocycles. The third-order valence-corrected chi connectivity index (χ3v) is 5.61. The fraction of sp³-hybridized carbons (Fsp3) is 0.600. The van der Waals surface area contributed by atoms with Gasteiger partial charge in [0.2, 0.25) is 5.91 Å². The Balaban J connectivity index is 1.69. The van der Waals surface area contributed by atoms with E-state index in [0.717, 1.165) is 24.3 Å². The Kier molecular flexibility index (Phi) is 3.99. The normalized spacial score (nSPS) is 24.9. The molecule has 3 rings (SSSR count). The summed E-state index contributed by atoms with van der Waals surface area (Å²) < 4.78 is 0. The lowest BCUT2D eigenvalue weighted by Gasteiger charge is -2.18. The minimum absolute atomic E-state index is 0.00155. The highest BCUT2D eigenvalue weighted by atomic mass is 32.1. The molecule has 2 aliphatic rings. The van der Waals surface area contributed by atoms with E-state index < -0.39 is 0 Å². The summed E-state index contributed by atoms with van der Waals surface area (Å²) in [6.07, 6.45) is 3.39. The van der Waals surface area contributed by atoms with Gasteiger partial charge in [0, 0.05) is 25.0 Å². The number of thiophene rings is 1. The first kappa shape index (κ1) is 14.5. The van der Waals surface area contributed by atoms with Gasteiger partial charge in [0.05, 0.1) is 16.8 Å². The van der Waals surface area contributed by atoms with Gasteiger partial charge in [-0.2, -0.15) is 0 Å². The predicted octanol–water partition coefficient (Wildman–Crippen LogP) is 0.643. The van der Waals surface area contributed by atoms with E-state index in [1.54, 1.807) is 18.4 Å². The Bertz CT molecular complexity index is 548. The number of aryl methyl sites for hydroxylation is 2. The minimum atomic E-state index is -0.171. The number of nitrogens with one attached hydrogen (secondary N) is 2. The summed E-state index contributed by atoms with van der Waals surface area (Å²) in [4.78, 5) is 28.6. The standard InChI is InChI=1S/C15H21N3O2S/c1-16-14(19)10-7-18(2)8-11(10)17-15(20)13-6-9-4-3-5-12(9)21-13/h6,10-11H,3-5,7-8H2,1-2H3,(H,16,19)(H,17,20)/t10-,11+/m1/s1. The van der Waals surface area contributed by atoms with Gasteiger partial charge in [-0.15, -0.1) is 11.3 Å². The second-order valence-corrected chi connectivity index (χ2v) is 7.07. The number of rotatable bonds is 3. The van der Waals surface area contributed by atoms with Crippen molar-refractivity contribution in [2.24, 2.45) is 5.92 Å². The Morgan fingerprint density at radius 1 is 1.33 bits per heavy atom. The lowest BCUT2D eigenvalue weighted by molar-refractivity contribution is -0.124. The van der Waals surface area contributed by atoms with Gasteiger partial charge in [-0.1, -0.05) is 0 Å². The maximum atomic E-state index is 12.4. The number of likely N-dealkylation sites (tertiary alicyclic amines) is 1. The van der Waals surface area contributed by atoms with Crippen LogP contribution >= 0.6 is 11.3 Å². The molecule has 114 valence electrons. The Labute approximate surface area is 128 Å². The summed E-state index contributed by atoms with van der Waals surface area (Å²) in [6, 6.07) is 1.91. The maximum absolute atomic E-state index is 12.4. The molecule has 1 aromatic heterocycles. The van der Waals surface area contributed by atoms with Crippen molar-refractivity contribution in [3.63, 3.8) is 0 Å². The lowest BCUT2D eigenvalue weighted by Crippen LogP contribution is -2.45. The van der Waals surface area contributed by atoms with Crippen LogP contribution in [-0.4, -0.2) is 49.9 Å². The number of fused-ring (bicyclic) bond motifs is 1. The molecule has 2 amide bonds. The molecular weight excluding hydrogens is 286 g/mol. The van der Waals surface area contributed by atoms with Crippen LogP contribution in [-0.2, 0) is 17.6 Å². The zero-order chi connectivity index (χ0) is 15.0. The molecule has 1 fully saturated rings. The Morgan fingerprint density at radius 2 is 2.14 bits per heavy atom. The van der Waals surface area contributed by atoms with E-state index in [9.17, 15) is 9.59 Å². The quantitative estimate of drug-likeness (QED) is 0.862. The Hall–Kier alpha value is -1.40. The molecule has 0 bridgehead atoms. The van der Waals surface area contributed by atoms with Crippen LogP contribution in [0.1, 0.15) is 26.5 Å². The Morgan fingerprint density at radius 3 is 2.86 bits per heavy atom. The van der Waals surface area contributed by atoms with Gasteiger partial charge in [-0.25, -0.2) is 0 Å². The van der Waals surface area contributed by atoms with Crippen molar-refractivity contribution in [2.45, 2.75) is 25.3 Å². The maximum Gasteiger partial charge on any atom is 0.261 e. The van der Waals surface area contributed by atoms with Gasteiger partial charge in [-0.05, 0) is 37.9 Å². The summed E-state index contributed by atoms with van der Waals surface area (Å²) >= 11 is 1.60. The molecule has 2 atom stereocenters. The number of nitrogens with zero attached hydrogens (tertiary/aromatic N) is 1. The van der Waals surface area contributed by atoms with Gasteiger partial charge in [-0.3, -0.25) is 9.59 Å². The molecule has 0 spiro atoms. The van der Waals surface area contributed by atoms with Crippen molar-refractivity contribution in [3.8, 4) is 0 Å². The number of carbonyl (C=O) groups is 2. The predicted molar refractivity (Wildman–Crippen MR) is 82.7 cm³/mol. The molecule has 2 heterocycles. The monoisotopic (exact) mass is 307 g/mol. The van der Waals surface area contributed by atoms with Crippen LogP contribution in [0, 0.1) is 5.92 Å². The highest BCUT2D eigenvalue weighted by Crippen LogP contribution is 2.30. The minimum Gasteiger partial charge on any atom is -0.359 e. The van der Waals surface area contributed by atoms with Crippen LogP contribution in [0.25, 0.3) is 0 Å². The zero-order valence-electron chi connectivity index (χ0n) is 12.4. The van der Waals surface area contributed by atoms with E-state index >= 15 is 0 Å². The summed E-state index contributed by atoms with van der Waals surface area (Å²) in [6.45, 7) is 1.40. The molecule has 0 radical (unpaired) electrons. The van der Waals surface area contributed by atoms with Gasteiger partial charge >= 0.3 is 0 Å². The van der Waals surface area contributed by atoms with Crippen molar-refractivity contribution < 1.29 is 9.59 Å². The first-order chi connectivity index (χ1) is 10.1. The summed E-state index contributed by atoms with van der Waals surface area (Å²) in [5.41, 5.74) is 1.33. The second-order valence-electron chi connectivity index (χ2n) is 5.93. The average molecular weight is 307 g/mol. The molecule has 0 aromatic carbocycles. The average Bonchev–Trinajstić information content (AvgIpc) is 3.11. The summed E-state index contributed by atoms with van der Waals surface area (Å²) in [7, 11) is 3.62. The largest absolute Gasteiger partial charge is 0.359 e. The van der Waals surface area contributed by atoms with E-state index in [4.69, 9.17) is 0 Å². The summed E-state index contributed by atoms with van der Waals surface area (Å²) in [5, 5.41) is 5.74. The van der Waals surface area contributed by atoms with Crippen LogP contribution < -0.4 is 10.6 Å². The van der Waals surface area contributed by atoms with Crippen molar-refractivity contribution in [1.29, 1.82) is 0 Å². The number of carbonyl (C=O) groups excluding carboxylic acids is 2. The molecule has 1 aliphatic carbocycles. The van der Waals surface area contributed by atoms with Crippen LogP contribution in [0.2, 0.25) is 0 Å². The second kappa shape index (κ2) is 5.77. The highest BCUT2D eigenvalue weighted by molar-refractivity contribution is 7.14. The summed E-state index contributed by atoms with van der Waals surface area (Å²) in [5.74, 6) is -0.210. The van der Waals surface area contributed by atoms with Gasteiger partial charge in [0.1, 0.15) is 0 Å². The SMILES string of the molecule is CNC(=O)[C@@H]1CN(C)C[C@@H]1NC(=O)c1cc2c(s1)CCC2. The third kappa shape index (κ3) is 2.82. The first-order valence-electron chi connectivity index (χ1n) is 7.41. The van der Waals surface area contributed by atoms with Gasteiger partial charge in [0.25, 0.3) is 5.91 Å². The highest BCUT2D eigenvalue weighted by Gasteiger charge is 2.36. The van der Waals surface area contributed by atoms with Gasteiger partial charge < -0.3 is 15.5 Å². The molecule has 0 unspecified atom stereocenters. The third-order valence-electron chi connectivity index (χ3n) is 4.37. The van der Waals surface area contributed by atoms with Crippen molar-refractivity contribution >= 4 is 23.2 Å². The van der Waals surface area contributed by atoms with E-state index in [2.05, 4.69) is 15.5 Å². The smallest absolute Gasteiger partial charge is 0.261 e. The fourth-order valence-electron chi connectivity index (χ4n) is 3.28. The zero-order valence-corrected chi connectivity index (χ0v) is 13.3. The topological polar surface area (TPSA) is 61.4 Å². The van der Waals surface area contributed by atoms with Crippen LogP contribution in [0.5, 0.6) is 0 Å². The van der Waals surface area contributed by atoms with Crippen LogP contribution in [0.4, 0.5) is 0 Å². The molecule has 2 N–H and O–H groups in total. The number of hydrogen-bond acceptors (Lipinski definition) is 4. The molecule has 6 heteroatoms.